The van der Waals surface area contributed by atoms with Gasteiger partial charge in [-0.15, -0.1) is 6.58 Å². The fourth-order valence-corrected chi connectivity index (χ4v) is 1.33. The lowest BCUT2D eigenvalue weighted by atomic mass is 9.77. The van der Waals surface area contributed by atoms with Crippen molar-refractivity contribution in [2.75, 3.05) is 0 Å². The Hall–Kier alpha value is -0.260. The molecule has 0 spiro atoms. The Balaban J connectivity index is 3.92. The summed E-state index contributed by atoms with van der Waals surface area (Å²) in [7, 11) is 0. The summed E-state index contributed by atoms with van der Waals surface area (Å²) in [6.07, 6.45) is 4.44. The molecule has 0 heteroatoms. The van der Waals surface area contributed by atoms with Gasteiger partial charge in [-0.3, -0.25) is 0 Å². The van der Waals surface area contributed by atoms with Crippen molar-refractivity contribution in [3.05, 3.63) is 12.7 Å². The zero-order valence-electron chi connectivity index (χ0n) is 7.78. The Labute approximate surface area is 65.3 Å². The van der Waals surface area contributed by atoms with Crippen molar-refractivity contribution in [2.24, 2.45) is 11.3 Å². The third-order valence-electron chi connectivity index (χ3n) is 2.17. The molecule has 0 saturated heterocycles. The number of hydrogen-bond acceptors (Lipinski definition) is 0. The van der Waals surface area contributed by atoms with Crippen molar-refractivity contribution in [3.63, 3.8) is 0 Å². The first kappa shape index (κ1) is 9.74. The molecule has 0 nitrogen and oxygen atoms in total. The smallest absolute Gasteiger partial charge is 0.0320 e. The van der Waals surface area contributed by atoms with Gasteiger partial charge in [0.05, 0.1) is 0 Å². The second-order valence-corrected chi connectivity index (χ2v) is 4.00. The van der Waals surface area contributed by atoms with Gasteiger partial charge >= 0.3 is 0 Å². The SMILES string of the molecule is C=CCC(CC)C(C)(C)C. The molecule has 0 heterocycles. The van der Waals surface area contributed by atoms with Crippen LogP contribution >= 0.6 is 0 Å². The molecule has 0 aliphatic carbocycles. The van der Waals surface area contributed by atoms with Crippen molar-refractivity contribution < 1.29 is 0 Å². The van der Waals surface area contributed by atoms with E-state index < -0.39 is 0 Å². The lowest BCUT2D eigenvalue weighted by molar-refractivity contribution is 0.235. The second kappa shape index (κ2) is 3.80. The Bertz CT molecular complexity index is 95.1. The quantitative estimate of drug-likeness (QED) is 0.525. The van der Waals surface area contributed by atoms with Crippen molar-refractivity contribution in [1.82, 2.24) is 0 Å². The average molecular weight is 140 g/mol. The molecule has 1 unspecified atom stereocenters. The maximum absolute atomic E-state index is 3.76. The normalized spacial score (nSPS) is 14.8. The summed E-state index contributed by atoms with van der Waals surface area (Å²) in [5.41, 5.74) is 0.447. The van der Waals surface area contributed by atoms with E-state index in [1.807, 2.05) is 6.08 Å². The first-order valence-corrected chi connectivity index (χ1v) is 4.13. The van der Waals surface area contributed by atoms with E-state index in [4.69, 9.17) is 0 Å². The zero-order chi connectivity index (χ0) is 8.20. The number of allylic oxidation sites excluding steroid dienone is 1. The highest BCUT2D eigenvalue weighted by Gasteiger charge is 2.20. The van der Waals surface area contributed by atoms with Crippen LogP contribution in [0, 0.1) is 11.3 Å². The first-order valence-electron chi connectivity index (χ1n) is 4.13. The molecule has 0 aliphatic heterocycles. The molecule has 0 saturated carbocycles. The van der Waals surface area contributed by atoms with Gasteiger partial charge in [0.25, 0.3) is 0 Å². The van der Waals surface area contributed by atoms with E-state index in [9.17, 15) is 0 Å². The maximum Gasteiger partial charge on any atom is -0.0320 e. The minimum atomic E-state index is 0.447. The van der Waals surface area contributed by atoms with Crippen LogP contribution in [0.15, 0.2) is 12.7 Å². The zero-order valence-corrected chi connectivity index (χ0v) is 7.78. The molecule has 0 bridgehead atoms. The largest absolute Gasteiger partial charge is 0.103 e. The molecule has 0 amide bonds. The molecular weight excluding hydrogens is 120 g/mol. The predicted molar refractivity (Wildman–Crippen MR) is 48.1 cm³/mol. The summed E-state index contributed by atoms with van der Waals surface area (Å²) in [5.74, 6) is 0.796. The van der Waals surface area contributed by atoms with Crippen molar-refractivity contribution in [3.8, 4) is 0 Å². The van der Waals surface area contributed by atoms with Gasteiger partial charge in [0.15, 0.2) is 0 Å². The molecule has 0 aromatic rings. The van der Waals surface area contributed by atoms with Crippen LogP contribution in [0.25, 0.3) is 0 Å². The standard InChI is InChI=1S/C10H20/c1-6-8-9(7-2)10(3,4)5/h6,9H,1,7-8H2,2-5H3. The van der Waals surface area contributed by atoms with Crippen molar-refractivity contribution in [1.29, 1.82) is 0 Å². The molecule has 10 heavy (non-hydrogen) atoms. The summed E-state index contributed by atoms with van der Waals surface area (Å²) in [5, 5.41) is 0. The Kier molecular flexibility index (Phi) is 3.70. The second-order valence-electron chi connectivity index (χ2n) is 4.00. The predicted octanol–water partition coefficient (Wildman–Crippen LogP) is 3.63. The lowest BCUT2D eigenvalue weighted by Crippen LogP contribution is -2.18. The Morgan fingerprint density at radius 3 is 2.00 bits per heavy atom. The molecule has 60 valence electrons. The lowest BCUT2D eigenvalue weighted by Gasteiger charge is -2.28. The van der Waals surface area contributed by atoms with Gasteiger partial charge in [-0.2, -0.15) is 0 Å². The van der Waals surface area contributed by atoms with Crippen LogP contribution in [0.5, 0.6) is 0 Å². The Morgan fingerprint density at radius 2 is 1.90 bits per heavy atom. The summed E-state index contributed by atoms with van der Waals surface area (Å²) in [6.45, 7) is 12.9. The molecule has 0 aliphatic rings. The molecule has 0 aromatic carbocycles. The van der Waals surface area contributed by atoms with Crippen LogP contribution in [0.2, 0.25) is 0 Å². The summed E-state index contributed by atoms with van der Waals surface area (Å²) in [4.78, 5) is 0. The van der Waals surface area contributed by atoms with Gasteiger partial charge in [0.1, 0.15) is 0 Å². The van der Waals surface area contributed by atoms with Crippen LogP contribution in [0.4, 0.5) is 0 Å². The van der Waals surface area contributed by atoms with E-state index in [0.29, 0.717) is 5.41 Å². The maximum atomic E-state index is 3.76. The van der Waals surface area contributed by atoms with E-state index in [-0.39, 0.29) is 0 Å². The van der Waals surface area contributed by atoms with Crippen molar-refractivity contribution >= 4 is 0 Å². The highest BCUT2D eigenvalue weighted by Crippen LogP contribution is 2.31. The van der Waals surface area contributed by atoms with Crippen LogP contribution in [0.3, 0.4) is 0 Å². The molecule has 0 N–H and O–H groups in total. The highest BCUT2D eigenvalue weighted by atomic mass is 14.3. The van der Waals surface area contributed by atoms with Gasteiger partial charge in [-0.25, -0.2) is 0 Å². The first-order chi connectivity index (χ1) is 4.52. The van der Waals surface area contributed by atoms with Crippen LogP contribution < -0.4 is 0 Å². The molecule has 0 rings (SSSR count). The van der Waals surface area contributed by atoms with Gasteiger partial charge < -0.3 is 0 Å². The summed E-state index contributed by atoms with van der Waals surface area (Å²) in [6, 6.07) is 0. The molecule has 0 aromatic heterocycles. The van der Waals surface area contributed by atoms with Crippen molar-refractivity contribution in [2.45, 2.75) is 40.5 Å². The van der Waals surface area contributed by atoms with Gasteiger partial charge in [-0.05, 0) is 17.8 Å². The fourth-order valence-electron chi connectivity index (χ4n) is 1.33. The minimum Gasteiger partial charge on any atom is -0.103 e. The van der Waals surface area contributed by atoms with E-state index in [0.717, 1.165) is 12.3 Å². The van der Waals surface area contributed by atoms with Crippen LogP contribution in [0.1, 0.15) is 40.5 Å². The topological polar surface area (TPSA) is 0 Å². The minimum absolute atomic E-state index is 0.447. The van der Waals surface area contributed by atoms with E-state index in [1.165, 1.54) is 6.42 Å². The third-order valence-corrected chi connectivity index (χ3v) is 2.17. The van der Waals surface area contributed by atoms with Crippen LogP contribution in [-0.2, 0) is 0 Å². The third kappa shape index (κ3) is 3.05. The molecule has 0 fully saturated rings. The van der Waals surface area contributed by atoms with E-state index in [1.54, 1.807) is 0 Å². The van der Waals surface area contributed by atoms with E-state index >= 15 is 0 Å². The molecule has 1 atom stereocenters. The number of rotatable bonds is 3. The van der Waals surface area contributed by atoms with Gasteiger partial charge in [-0.1, -0.05) is 40.2 Å². The fraction of sp³-hybridized carbons (Fsp3) is 0.800. The summed E-state index contributed by atoms with van der Waals surface area (Å²) >= 11 is 0. The van der Waals surface area contributed by atoms with E-state index in [2.05, 4.69) is 34.3 Å². The van der Waals surface area contributed by atoms with Gasteiger partial charge in [0, 0.05) is 0 Å². The monoisotopic (exact) mass is 140 g/mol. The number of hydrogen-bond donors (Lipinski definition) is 0. The average Bonchev–Trinajstić information content (AvgIpc) is 1.80. The van der Waals surface area contributed by atoms with Gasteiger partial charge in [0.2, 0.25) is 0 Å². The Morgan fingerprint density at radius 1 is 1.40 bits per heavy atom. The summed E-state index contributed by atoms with van der Waals surface area (Å²) < 4.78 is 0. The van der Waals surface area contributed by atoms with Crippen LogP contribution in [-0.4, -0.2) is 0 Å². The molecular formula is C10H20. The molecule has 0 radical (unpaired) electrons. The highest BCUT2D eigenvalue weighted by molar-refractivity contribution is 4.80.